The van der Waals surface area contributed by atoms with Gasteiger partial charge in [0.25, 0.3) is 0 Å². The SMILES string of the molecule is COC1CCC23Cc4ccc(Br)cc4C24NC(N)N(C)CC34C1. The second-order valence-corrected chi connectivity index (χ2v) is 8.91. The molecule has 1 aliphatic heterocycles. The van der Waals surface area contributed by atoms with Crippen molar-refractivity contribution in [2.75, 3.05) is 20.7 Å². The normalized spacial score (nSPS) is 47.5. The Morgan fingerprint density at radius 1 is 1.39 bits per heavy atom. The average molecular weight is 378 g/mol. The lowest BCUT2D eigenvalue weighted by atomic mass is 9.74. The van der Waals surface area contributed by atoms with Gasteiger partial charge < -0.3 is 10.5 Å². The number of nitrogens with two attached hydrogens (primary N) is 1. The standard InChI is InChI=1S/C18H24BrN3O/c1-22-10-17-9-13(23-2)5-6-16(17)8-11-3-4-12(19)7-14(11)18(16,17)21-15(22)20/h3-4,7,13,15,21H,5-6,8-10,20H2,1-2H3. The molecule has 5 atom stereocenters. The minimum absolute atomic E-state index is 0.0400. The molecule has 0 radical (unpaired) electrons. The van der Waals surface area contributed by atoms with Gasteiger partial charge >= 0.3 is 0 Å². The van der Waals surface area contributed by atoms with Crippen molar-refractivity contribution in [2.24, 2.45) is 16.6 Å². The maximum absolute atomic E-state index is 6.43. The van der Waals surface area contributed by atoms with Crippen LogP contribution in [0.2, 0.25) is 0 Å². The van der Waals surface area contributed by atoms with Gasteiger partial charge in [-0.2, -0.15) is 0 Å². The van der Waals surface area contributed by atoms with Crippen molar-refractivity contribution in [1.29, 1.82) is 0 Å². The molecule has 3 spiro atoms. The first-order valence-corrected chi connectivity index (χ1v) is 9.34. The van der Waals surface area contributed by atoms with Gasteiger partial charge in [-0.15, -0.1) is 0 Å². The smallest absolute Gasteiger partial charge is 0.112 e. The lowest BCUT2D eigenvalue weighted by Crippen LogP contribution is -2.62. The maximum atomic E-state index is 6.43. The van der Waals surface area contributed by atoms with Crippen LogP contribution in [0.3, 0.4) is 0 Å². The molecule has 0 bridgehead atoms. The van der Waals surface area contributed by atoms with E-state index in [1.807, 2.05) is 7.11 Å². The summed E-state index contributed by atoms with van der Waals surface area (Å²) < 4.78 is 6.94. The topological polar surface area (TPSA) is 50.5 Å². The first-order chi connectivity index (χ1) is 11.0. The summed E-state index contributed by atoms with van der Waals surface area (Å²) >= 11 is 3.68. The summed E-state index contributed by atoms with van der Waals surface area (Å²) in [5.41, 5.74) is 10.0. The molecular weight excluding hydrogens is 354 g/mol. The van der Waals surface area contributed by atoms with Gasteiger partial charge in [0.15, 0.2) is 0 Å². The molecule has 3 fully saturated rings. The number of rotatable bonds is 1. The third kappa shape index (κ3) is 1.44. The van der Waals surface area contributed by atoms with Crippen LogP contribution >= 0.6 is 15.9 Å². The number of hydrogen-bond donors (Lipinski definition) is 2. The first-order valence-electron chi connectivity index (χ1n) is 8.55. The van der Waals surface area contributed by atoms with Crippen molar-refractivity contribution in [3.05, 3.63) is 33.8 Å². The summed E-state index contributed by atoms with van der Waals surface area (Å²) in [6.07, 6.45) is 5.01. The van der Waals surface area contributed by atoms with Crippen molar-refractivity contribution < 1.29 is 4.74 Å². The summed E-state index contributed by atoms with van der Waals surface area (Å²) in [6, 6.07) is 6.80. The van der Waals surface area contributed by atoms with E-state index in [1.165, 1.54) is 28.4 Å². The number of methoxy groups -OCH3 is 1. The van der Waals surface area contributed by atoms with E-state index < -0.39 is 0 Å². The van der Waals surface area contributed by atoms with E-state index >= 15 is 0 Å². The molecule has 23 heavy (non-hydrogen) atoms. The Balaban J connectivity index is 1.70. The fourth-order valence-electron chi connectivity index (χ4n) is 6.54. The average Bonchev–Trinajstić information content (AvgIpc) is 2.91. The molecule has 2 saturated carbocycles. The minimum atomic E-state index is -0.0750. The second-order valence-electron chi connectivity index (χ2n) is 8.00. The van der Waals surface area contributed by atoms with Crippen LogP contribution in [0.4, 0.5) is 0 Å². The molecule has 1 heterocycles. The molecule has 124 valence electrons. The summed E-state index contributed by atoms with van der Waals surface area (Å²) in [7, 11) is 4.00. The van der Waals surface area contributed by atoms with Crippen LogP contribution in [0.25, 0.3) is 0 Å². The minimum Gasteiger partial charge on any atom is -0.381 e. The number of halogens is 1. The first kappa shape index (κ1) is 14.8. The van der Waals surface area contributed by atoms with Crippen molar-refractivity contribution in [3.8, 4) is 0 Å². The number of nitrogens with one attached hydrogen (secondary N) is 1. The third-order valence-electron chi connectivity index (χ3n) is 7.42. The Labute approximate surface area is 145 Å². The highest BCUT2D eigenvalue weighted by Crippen LogP contribution is 2.87. The number of benzene rings is 1. The molecule has 4 nitrogen and oxygen atoms in total. The number of fused-ring (bicyclic) bond motifs is 1. The molecule has 3 N–H and O–H groups in total. The predicted molar refractivity (Wildman–Crippen MR) is 92.8 cm³/mol. The number of nitrogens with zero attached hydrogens (tertiary/aromatic N) is 1. The van der Waals surface area contributed by atoms with E-state index in [2.05, 4.69) is 51.4 Å². The van der Waals surface area contributed by atoms with Gasteiger partial charge in [0.1, 0.15) is 6.29 Å². The Morgan fingerprint density at radius 3 is 3.00 bits per heavy atom. The molecule has 1 aromatic rings. The van der Waals surface area contributed by atoms with Gasteiger partial charge in [-0.25, -0.2) is 0 Å². The highest BCUT2D eigenvalue weighted by atomic mass is 79.9. The van der Waals surface area contributed by atoms with Crippen molar-refractivity contribution in [3.63, 3.8) is 0 Å². The molecule has 3 aliphatic carbocycles. The zero-order chi connectivity index (χ0) is 16.0. The van der Waals surface area contributed by atoms with Crippen LogP contribution in [0.15, 0.2) is 22.7 Å². The van der Waals surface area contributed by atoms with Gasteiger partial charge in [-0.05, 0) is 56.0 Å². The quantitative estimate of drug-likeness (QED) is 0.787. The van der Waals surface area contributed by atoms with Gasteiger partial charge in [0.05, 0.1) is 11.6 Å². The van der Waals surface area contributed by atoms with E-state index in [9.17, 15) is 0 Å². The van der Waals surface area contributed by atoms with E-state index in [-0.39, 0.29) is 17.2 Å². The highest BCUT2D eigenvalue weighted by Gasteiger charge is 2.91. The summed E-state index contributed by atoms with van der Waals surface area (Å²) in [6.45, 7) is 1.06. The molecule has 1 saturated heterocycles. The fraction of sp³-hybridized carbons (Fsp3) is 0.667. The lowest BCUT2D eigenvalue weighted by Gasteiger charge is -2.43. The number of hydrogen-bond acceptors (Lipinski definition) is 4. The summed E-state index contributed by atoms with van der Waals surface area (Å²) in [5.74, 6) is 0. The van der Waals surface area contributed by atoms with Crippen LogP contribution in [0.5, 0.6) is 0 Å². The van der Waals surface area contributed by atoms with Crippen LogP contribution in [0.1, 0.15) is 30.4 Å². The van der Waals surface area contributed by atoms with Crippen LogP contribution in [-0.4, -0.2) is 38.0 Å². The Bertz CT molecular complexity index is 691. The molecule has 0 aromatic heterocycles. The molecular formula is C18H24BrN3O. The Kier molecular flexibility index (Phi) is 2.83. The molecule has 5 rings (SSSR count). The van der Waals surface area contributed by atoms with E-state index in [0.717, 1.165) is 19.4 Å². The largest absolute Gasteiger partial charge is 0.381 e. The van der Waals surface area contributed by atoms with Crippen molar-refractivity contribution >= 4 is 15.9 Å². The van der Waals surface area contributed by atoms with Crippen LogP contribution < -0.4 is 11.1 Å². The third-order valence-corrected chi connectivity index (χ3v) is 7.91. The Morgan fingerprint density at radius 2 is 2.22 bits per heavy atom. The second kappa shape index (κ2) is 4.38. The van der Waals surface area contributed by atoms with Gasteiger partial charge in [-0.1, -0.05) is 22.0 Å². The molecule has 5 heteroatoms. The lowest BCUT2D eigenvalue weighted by molar-refractivity contribution is 0.000391. The van der Waals surface area contributed by atoms with E-state index in [0.29, 0.717) is 11.5 Å². The van der Waals surface area contributed by atoms with E-state index in [1.54, 1.807) is 0 Å². The van der Waals surface area contributed by atoms with Crippen LogP contribution in [-0.2, 0) is 16.7 Å². The van der Waals surface area contributed by atoms with Crippen LogP contribution in [0, 0.1) is 10.8 Å². The fourth-order valence-corrected chi connectivity index (χ4v) is 6.91. The van der Waals surface area contributed by atoms with Gasteiger partial charge in [0, 0.05) is 29.0 Å². The summed E-state index contributed by atoms with van der Waals surface area (Å²) in [4.78, 5) is 2.28. The Hall–Kier alpha value is -0.460. The maximum Gasteiger partial charge on any atom is 0.112 e. The highest BCUT2D eigenvalue weighted by molar-refractivity contribution is 9.10. The predicted octanol–water partition coefficient (Wildman–Crippen LogP) is 2.16. The van der Waals surface area contributed by atoms with Gasteiger partial charge in [-0.3, -0.25) is 10.2 Å². The van der Waals surface area contributed by atoms with Crippen molar-refractivity contribution in [1.82, 2.24) is 10.2 Å². The number of ether oxygens (including phenoxy) is 1. The molecule has 5 unspecified atom stereocenters. The zero-order valence-electron chi connectivity index (χ0n) is 13.7. The molecule has 1 aromatic carbocycles. The van der Waals surface area contributed by atoms with Gasteiger partial charge in [0.2, 0.25) is 0 Å². The van der Waals surface area contributed by atoms with Crippen molar-refractivity contribution in [2.45, 2.75) is 43.6 Å². The molecule has 4 aliphatic rings. The van der Waals surface area contributed by atoms with E-state index in [4.69, 9.17) is 10.5 Å². The monoisotopic (exact) mass is 377 g/mol. The summed E-state index contributed by atoms with van der Waals surface area (Å²) in [5, 5.41) is 3.86. The zero-order valence-corrected chi connectivity index (χ0v) is 15.3. The molecule has 0 amide bonds.